The molecule has 1 aromatic heterocycles. The van der Waals surface area contributed by atoms with E-state index in [1.54, 1.807) is 6.07 Å². The summed E-state index contributed by atoms with van der Waals surface area (Å²) < 4.78 is 43.7. The molecule has 0 spiro atoms. The molecule has 6 nitrogen and oxygen atoms in total. The number of nitrogens with zero attached hydrogens (tertiary/aromatic N) is 3. The van der Waals surface area contributed by atoms with E-state index in [1.807, 2.05) is 11.5 Å². The van der Waals surface area contributed by atoms with Crippen molar-refractivity contribution in [1.29, 1.82) is 0 Å². The Bertz CT molecular complexity index is 1290. The van der Waals surface area contributed by atoms with Crippen molar-refractivity contribution in [2.75, 3.05) is 13.1 Å². The van der Waals surface area contributed by atoms with Crippen LogP contribution in [0.25, 0.3) is 10.2 Å². The van der Waals surface area contributed by atoms with Gasteiger partial charge in [-0.25, -0.2) is 12.8 Å². The average molecular weight is 476 g/mol. The van der Waals surface area contributed by atoms with E-state index in [9.17, 15) is 17.6 Å². The Kier molecular flexibility index (Phi) is 6.88. The first-order chi connectivity index (χ1) is 15.4. The maximum Gasteiger partial charge on any atom is 0.279 e. The number of fused-ring (bicyclic) bond motifs is 1. The molecule has 32 heavy (non-hydrogen) atoms. The summed E-state index contributed by atoms with van der Waals surface area (Å²) in [6, 6.07) is 10.5. The summed E-state index contributed by atoms with van der Waals surface area (Å²) in [5.74, 6) is -0.790. The number of aryl methyl sites for hydroxylation is 1. The highest BCUT2D eigenvalue weighted by Gasteiger charge is 2.25. The minimum atomic E-state index is -3.57. The molecule has 1 saturated heterocycles. The van der Waals surface area contributed by atoms with Crippen LogP contribution in [0.15, 0.2) is 52.4 Å². The van der Waals surface area contributed by atoms with Crippen LogP contribution in [0.2, 0.25) is 0 Å². The van der Waals surface area contributed by atoms with Crippen molar-refractivity contribution in [3.8, 4) is 0 Å². The van der Waals surface area contributed by atoms with E-state index in [0.717, 1.165) is 42.3 Å². The van der Waals surface area contributed by atoms with E-state index in [0.29, 0.717) is 30.0 Å². The van der Waals surface area contributed by atoms with Gasteiger partial charge in [0.2, 0.25) is 10.0 Å². The minimum absolute atomic E-state index is 0.189. The third-order valence-electron chi connectivity index (χ3n) is 5.59. The quantitative estimate of drug-likeness (QED) is 0.543. The fourth-order valence-electron chi connectivity index (χ4n) is 3.92. The minimum Gasteiger partial charge on any atom is -0.316 e. The number of hydrogen-bond acceptors (Lipinski definition) is 4. The van der Waals surface area contributed by atoms with Gasteiger partial charge >= 0.3 is 0 Å². The molecule has 170 valence electrons. The molecule has 0 atom stereocenters. The van der Waals surface area contributed by atoms with E-state index in [2.05, 4.69) is 4.99 Å². The first kappa shape index (κ1) is 22.8. The predicted molar refractivity (Wildman–Crippen MR) is 124 cm³/mol. The fraction of sp³-hybridized carbons (Fsp3) is 0.391. The lowest BCUT2D eigenvalue weighted by Crippen LogP contribution is -2.31. The van der Waals surface area contributed by atoms with Crippen LogP contribution in [0.3, 0.4) is 0 Å². The zero-order valence-electron chi connectivity index (χ0n) is 18.0. The molecular formula is C23H26FN3O3S2. The summed E-state index contributed by atoms with van der Waals surface area (Å²) in [7, 11) is -3.57. The molecule has 1 aliphatic heterocycles. The van der Waals surface area contributed by atoms with Gasteiger partial charge in [-0.05, 0) is 61.7 Å². The Morgan fingerprint density at radius 1 is 1.06 bits per heavy atom. The van der Waals surface area contributed by atoms with Crippen LogP contribution in [-0.4, -0.2) is 36.3 Å². The number of thiazole rings is 1. The normalized spacial score (nSPS) is 16.4. The molecule has 2 heterocycles. The molecule has 3 aromatic rings. The standard InChI is InChI=1S/C23H26FN3O3S2/c1-2-13-27-20-12-9-18(24)16-21(20)31-23(27)25-22(28)17-7-10-19(11-8-17)32(29,30)26-14-5-3-4-6-15-26/h7-12,16H,2-6,13-15H2,1H3. The van der Waals surface area contributed by atoms with Gasteiger partial charge in [-0.3, -0.25) is 4.79 Å². The Balaban J connectivity index is 1.63. The average Bonchev–Trinajstić information content (AvgIpc) is 2.95. The summed E-state index contributed by atoms with van der Waals surface area (Å²) in [6.07, 6.45) is 4.66. The molecule has 9 heteroatoms. The number of sulfonamides is 1. The number of benzene rings is 2. The maximum atomic E-state index is 13.6. The van der Waals surface area contributed by atoms with Crippen LogP contribution in [-0.2, 0) is 16.6 Å². The van der Waals surface area contributed by atoms with Crippen molar-refractivity contribution >= 4 is 37.5 Å². The highest BCUT2D eigenvalue weighted by molar-refractivity contribution is 7.89. The number of carbonyl (C=O) groups is 1. The maximum absolute atomic E-state index is 13.6. The van der Waals surface area contributed by atoms with Crippen LogP contribution in [0.5, 0.6) is 0 Å². The summed E-state index contributed by atoms with van der Waals surface area (Å²) in [6.45, 7) is 3.74. The molecule has 0 unspecified atom stereocenters. The number of carbonyl (C=O) groups excluding carboxylic acids is 1. The topological polar surface area (TPSA) is 71.7 Å². The van der Waals surface area contributed by atoms with Crippen LogP contribution in [0, 0.1) is 5.82 Å². The van der Waals surface area contributed by atoms with Gasteiger partial charge in [0.15, 0.2) is 4.80 Å². The first-order valence-corrected chi connectivity index (χ1v) is 13.1. The summed E-state index contributed by atoms with van der Waals surface area (Å²) in [4.78, 5) is 17.8. The number of halogens is 1. The second-order valence-corrected chi connectivity index (χ2v) is 10.9. The lowest BCUT2D eigenvalue weighted by atomic mass is 10.2. The first-order valence-electron chi connectivity index (χ1n) is 10.9. The Hall–Kier alpha value is -2.36. The molecule has 1 amide bonds. The van der Waals surface area contributed by atoms with Crippen molar-refractivity contribution in [3.05, 3.63) is 58.6 Å². The smallest absolute Gasteiger partial charge is 0.279 e. The molecule has 2 aromatic carbocycles. The molecule has 1 fully saturated rings. The zero-order chi connectivity index (χ0) is 22.7. The van der Waals surface area contributed by atoms with Crippen molar-refractivity contribution in [1.82, 2.24) is 8.87 Å². The summed E-state index contributed by atoms with van der Waals surface area (Å²) >= 11 is 1.26. The number of rotatable bonds is 5. The Morgan fingerprint density at radius 2 is 1.75 bits per heavy atom. The Labute approximate surface area is 191 Å². The molecule has 0 aliphatic carbocycles. The van der Waals surface area contributed by atoms with Gasteiger partial charge in [0.25, 0.3) is 5.91 Å². The van der Waals surface area contributed by atoms with Gasteiger partial charge < -0.3 is 4.57 Å². The SMILES string of the molecule is CCCn1c(=NC(=O)c2ccc(S(=O)(=O)N3CCCCCC3)cc2)sc2cc(F)ccc21. The van der Waals surface area contributed by atoms with Crippen LogP contribution in [0.1, 0.15) is 49.4 Å². The highest BCUT2D eigenvalue weighted by Crippen LogP contribution is 2.22. The molecule has 0 saturated carbocycles. The lowest BCUT2D eigenvalue weighted by molar-refractivity contribution is 0.0997. The van der Waals surface area contributed by atoms with Crippen molar-refractivity contribution < 1.29 is 17.6 Å². The molecule has 0 bridgehead atoms. The summed E-state index contributed by atoms with van der Waals surface area (Å²) in [5, 5.41) is 0. The second-order valence-electron chi connectivity index (χ2n) is 7.91. The van der Waals surface area contributed by atoms with Gasteiger partial charge in [-0.2, -0.15) is 9.30 Å². The number of aromatic nitrogens is 1. The van der Waals surface area contributed by atoms with Gasteiger partial charge in [-0.1, -0.05) is 31.1 Å². The second kappa shape index (κ2) is 9.64. The molecule has 0 radical (unpaired) electrons. The number of hydrogen-bond donors (Lipinski definition) is 0. The van der Waals surface area contributed by atoms with E-state index < -0.39 is 15.9 Å². The van der Waals surface area contributed by atoms with Gasteiger partial charge in [0.1, 0.15) is 5.82 Å². The van der Waals surface area contributed by atoms with Gasteiger partial charge in [0.05, 0.1) is 15.1 Å². The van der Waals surface area contributed by atoms with E-state index in [-0.39, 0.29) is 10.7 Å². The van der Waals surface area contributed by atoms with E-state index in [4.69, 9.17) is 0 Å². The molecular weight excluding hydrogens is 449 g/mol. The zero-order valence-corrected chi connectivity index (χ0v) is 19.6. The van der Waals surface area contributed by atoms with Gasteiger partial charge in [-0.15, -0.1) is 0 Å². The third kappa shape index (κ3) is 4.69. The molecule has 4 rings (SSSR count). The van der Waals surface area contributed by atoms with Gasteiger partial charge in [0, 0.05) is 25.2 Å². The highest BCUT2D eigenvalue weighted by atomic mass is 32.2. The number of amides is 1. The van der Waals surface area contributed by atoms with Crippen LogP contribution < -0.4 is 4.80 Å². The monoisotopic (exact) mass is 475 g/mol. The Morgan fingerprint density at radius 3 is 2.41 bits per heavy atom. The van der Waals surface area contributed by atoms with Crippen molar-refractivity contribution in [3.63, 3.8) is 0 Å². The van der Waals surface area contributed by atoms with Crippen LogP contribution in [0.4, 0.5) is 4.39 Å². The van der Waals surface area contributed by atoms with Crippen molar-refractivity contribution in [2.45, 2.75) is 50.5 Å². The van der Waals surface area contributed by atoms with E-state index in [1.165, 1.54) is 52.0 Å². The molecule has 0 N–H and O–H groups in total. The van der Waals surface area contributed by atoms with Crippen molar-refractivity contribution in [2.24, 2.45) is 4.99 Å². The van der Waals surface area contributed by atoms with Crippen LogP contribution >= 0.6 is 11.3 Å². The molecule has 1 aliphatic rings. The largest absolute Gasteiger partial charge is 0.316 e. The third-order valence-corrected chi connectivity index (χ3v) is 8.55. The lowest BCUT2D eigenvalue weighted by Gasteiger charge is -2.19. The fourth-order valence-corrected chi connectivity index (χ4v) is 6.52. The van der Waals surface area contributed by atoms with E-state index >= 15 is 0 Å². The predicted octanol–water partition coefficient (Wildman–Crippen LogP) is 4.56. The summed E-state index contributed by atoms with van der Waals surface area (Å²) in [5.41, 5.74) is 1.15.